The average Bonchev–Trinajstić information content (AvgIpc) is 2.47. The third kappa shape index (κ3) is 4.84. The zero-order valence-corrected chi connectivity index (χ0v) is 10.6. The SMILES string of the molecule is O=C(NCCc1[c]cccc1)OCc1ccccc1. The number of alkyl carbamates (subject to hydrolysis) is 1. The van der Waals surface area contributed by atoms with Crippen molar-refractivity contribution in [2.24, 2.45) is 0 Å². The van der Waals surface area contributed by atoms with E-state index in [1.807, 2.05) is 54.6 Å². The van der Waals surface area contributed by atoms with Crippen LogP contribution in [0.3, 0.4) is 0 Å². The Kier molecular flexibility index (Phi) is 4.99. The van der Waals surface area contributed by atoms with Crippen molar-refractivity contribution in [3.63, 3.8) is 0 Å². The van der Waals surface area contributed by atoms with Crippen LogP contribution in [-0.4, -0.2) is 12.6 Å². The highest BCUT2D eigenvalue weighted by atomic mass is 16.5. The van der Waals surface area contributed by atoms with E-state index >= 15 is 0 Å². The number of ether oxygens (including phenoxy) is 1. The van der Waals surface area contributed by atoms with Gasteiger partial charge in [-0.25, -0.2) is 4.79 Å². The molecule has 1 radical (unpaired) electrons. The van der Waals surface area contributed by atoms with Gasteiger partial charge in [-0.1, -0.05) is 54.6 Å². The van der Waals surface area contributed by atoms with E-state index in [4.69, 9.17) is 4.74 Å². The van der Waals surface area contributed by atoms with Gasteiger partial charge in [0, 0.05) is 6.54 Å². The average molecular weight is 254 g/mol. The molecule has 0 aliphatic carbocycles. The van der Waals surface area contributed by atoms with Gasteiger partial charge in [-0.05, 0) is 23.6 Å². The van der Waals surface area contributed by atoms with Gasteiger partial charge in [0.1, 0.15) is 6.61 Å². The lowest BCUT2D eigenvalue weighted by Gasteiger charge is -2.07. The second-order valence-corrected chi connectivity index (χ2v) is 4.13. The zero-order valence-electron chi connectivity index (χ0n) is 10.6. The number of benzene rings is 2. The van der Waals surface area contributed by atoms with Crippen molar-refractivity contribution in [3.8, 4) is 0 Å². The first-order valence-corrected chi connectivity index (χ1v) is 6.25. The summed E-state index contributed by atoms with van der Waals surface area (Å²) >= 11 is 0. The van der Waals surface area contributed by atoms with E-state index in [-0.39, 0.29) is 6.09 Å². The lowest BCUT2D eigenvalue weighted by atomic mass is 10.1. The number of hydrogen-bond acceptors (Lipinski definition) is 2. The van der Waals surface area contributed by atoms with Gasteiger partial charge in [0.15, 0.2) is 0 Å². The molecule has 0 atom stereocenters. The molecule has 3 heteroatoms. The van der Waals surface area contributed by atoms with Crippen molar-refractivity contribution >= 4 is 6.09 Å². The van der Waals surface area contributed by atoms with Crippen molar-refractivity contribution < 1.29 is 9.53 Å². The molecule has 0 saturated heterocycles. The molecule has 0 unspecified atom stereocenters. The topological polar surface area (TPSA) is 38.3 Å². The summed E-state index contributed by atoms with van der Waals surface area (Å²) in [6.45, 7) is 0.846. The molecule has 2 aromatic rings. The molecule has 97 valence electrons. The Morgan fingerprint density at radius 1 is 1.11 bits per heavy atom. The summed E-state index contributed by atoms with van der Waals surface area (Å²) in [4.78, 5) is 11.5. The second-order valence-electron chi connectivity index (χ2n) is 4.13. The monoisotopic (exact) mass is 254 g/mol. The normalized spacial score (nSPS) is 9.89. The minimum absolute atomic E-state index is 0.296. The van der Waals surface area contributed by atoms with E-state index in [9.17, 15) is 4.79 Å². The Labute approximate surface area is 113 Å². The molecule has 0 aliphatic rings. The maximum absolute atomic E-state index is 11.5. The first kappa shape index (κ1) is 13.1. The van der Waals surface area contributed by atoms with Gasteiger partial charge >= 0.3 is 6.09 Å². The third-order valence-corrected chi connectivity index (χ3v) is 2.65. The van der Waals surface area contributed by atoms with E-state index in [2.05, 4.69) is 11.4 Å². The molecule has 0 aromatic heterocycles. The summed E-state index contributed by atoms with van der Waals surface area (Å²) in [5.41, 5.74) is 2.06. The molecule has 0 fully saturated rings. The van der Waals surface area contributed by atoms with Crippen LogP contribution in [0.25, 0.3) is 0 Å². The number of rotatable bonds is 5. The van der Waals surface area contributed by atoms with Crippen molar-refractivity contribution in [2.45, 2.75) is 13.0 Å². The van der Waals surface area contributed by atoms with E-state index in [1.54, 1.807) is 0 Å². The number of carbonyl (C=O) groups is 1. The fourth-order valence-corrected chi connectivity index (χ4v) is 1.66. The summed E-state index contributed by atoms with van der Waals surface area (Å²) in [6.07, 6.45) is 0.362. The number of nitrogens with one attached hydrogen (secondary N) is 1. The minimum atomic E-state index is -0.389. The molecule has 2 aromatic carbocycles. The number of carbonyl (C=O) groups excluding carboxylic acids is 1. The highest BCUT2D eigenvalue weighted by molar-refractivity contribution is 5.67. The van der Waals surface area contributed by atoms with Gasteiger partial charge in [0.05, 0.1) is 0 Å². The van der Waals surface area contributed by atoms with Crippen LogP contribution < -0.4 is 5.32 Å². The third-order valence-electron chi connectivity index (χ3n) is 2.65. The number of hydrogen-bond donors (Lipinski definition) is 1. The highest BCUT2D eigenvalue weighted by Crippen LogP contribution is 2.01. The maximum atomic E-state index is 11.5. The summed E-state index contributed by atoms with van der Waals surface area (Å²) in [5.74, 6) is 0. The predicted octanol–water partition coefficient (Wildman–Crippen LogP) is 2.96. The van der Waals surface area contributed by atoms with Gasteiger partial charge < -0.3 is 10.1 Å². The predicted molar refractivity (Wildman–Crippen MR) is 73.6 cm³/mol. The molecule has 0 bridgehead atoms. The van der Waals surface area contributed by atoms with Gasteiger partial charge in [-0.15, -0.1) is 0 Å². The minimum Gasteiger partial charge on any atom is -0.445 e. The van der Waals surface area contributed by atoms with Crippen LogP contribution >= 0.6 is 0 Å². The smallest absolute Gasteiger partial charge is 0.407 e. The molecule has 3 nitrogen and oxygen atoms in total. The largest absolute Gasteiger partial charge is 0.445 e. The summed E-state index contributed by atoms with van der Waals surface area (Å²) in [6, 6.07) is 20.4. The summed E-state index contributed by atoms with van der Waals surface area (Å²) < 4.78 is 5.11. The van der Waals surface area contributed by atoms with Crippen molar-refractivity contribution in [1.29, 1.82) is 0 Å². The van der Waals surface area contributed by atoms with Crippen LogP contribution in [-0.2, 0) is 17.8 Å². The van der Waals surface area contributed by atoms with Gasteiger partial charge in [-0.2, -0.15) is 0 Å². The van der Waals surface area contributed by atoms with Gasteiger partial charge in [-0.3, -0.25) is 0 Å². The Morgan fingerprint density at radius 3 is 2.63 bits per heavy atom. The van der Waals surface area contributed by atoms with Crippen LogP contribution in [0.2, 0.25) is 0 Å². The Morgan fingerprint density at radius 2 is 1.89 bits per heavy atom. The van der Waals surface area contributed by atoms with Crippen molar-refractivity contribution in [2.75, 3.05) is 6.54 Å². The number of amides is 1. The van der Waals surface area contributed by atoms with Crippen LogP contribution in [0.4, 0.5) is 4.79 Å². The highest BCUT2D eigenvalue weighted by Gasteiger charge is 2.01. The fraction of sp³-hybridized carbons (Fsp3) is 0.188. The molecule has 0 aliphatic heterocycles. The lowest BCUT2D eigenvalue weighted by Crippen LogP contribution is -2.26. The molecular weight excluding hydrogens is 238 g/mol. The Balaban J connectivity index is 1.65. The van der Waals surface area contributed by atoms with Gasteiger partial charge in [0.2, 0.25) is 0 Å². The van der Waals surface area contributed by atoms with Gasteiger partial charge in [0.25, 0.3) is 0 Å². The van der Waals surface area contributed by atoms with E-state index in [0.717, 1.165) is 17.5 Å². The summed E-state index contributed by atoms with van der Waals surface area (Å²) in [7, 11) is 0. The van der Waals surface area contributed by atoms with E-state index < -0.39 is 0 Å². The molecule has 19 heavy (non-hydrogen) atoms. The summed E-state index contributed by atoms with van der Waals surface area (Å²) in [5, 5.41) is 2.72. The second kappa shape index (κ2) is 7.21. The first-order valence-electron chi connectivity index (χ1n) is 6.25. The Hall–Kier alpha value is -2.29. The maximum Gasteiger partial charge on any atom is 0.407 e. The molecule has 1 N–H and O–H groups in total. The molecule has 2 rings (SSSR count). The van der Waals surface area contributed by atoms with Crippen molar-refractivity contribution in [3.05, 3.63) is 71.8 Å². The van der Waals surface area contributed by atoms with Crippen LogP contribution in [0.15, 0.2) is 54.6 Å². The van der Waals surface area contributed by atoms with Crippen LogP contribution in [0, 0.1) is 6.07 Å². The quantitative estimate of drug-likeness (QED) is 0.890. The standard InChI is InChI=1S/C16H16NO2/c18-16(19-13-15-9-5-2-6-10-15)17-12-11-14-7-3-1-4-8-14/h1-7,9-10H,11-13H2,(H,17,18). The fourth-order valence-electron chi connectivity index (χ4n) is 1.66. The van der Waals surface area contributed by atoms with E-state index in [0.29, 0.717) is 13.2 Å². The molecular formula is C16H16NO2. The molecule has 1 amide bonds. The molecule has 0 saturated carbocycles. The Bertz CT molecular complexity index is 497. The molecule has 0 heterocycles. The van der Waals surface area contributed by atoms with E-state index in [1.165, 1.54) is 0 Å². The van der Waals surface area contributed by atoms with Crippen LogP contribution in [0.1, 0.15) is 11.1 Å². The van der Waals surface area contributed by atoms with Crippen LogP contribution in [0.5, 0.6) is 0 Å². The van der Waals surface area contributed by atoms with Crippen molar-refractivity contribution in [1.82, 2.24) is 5.32 Å². The molecule has 0 spiro atoms. The first-order chi connectivity index (χ1) is 9.34. The lowest BCUT2D eigenvalue weighted by molar-refractivity contribution is 0.140. The zero-order chi connectivity index (χ0) is 13.3.